The van der Waals surface area contributed by atoms with Gasteiger partial charge in [-0.15, -0.1) is 0 Å². The molecule has 0 amide bonds. The summed E-state index contributed by atoms with van der Waals surface area (Å²) in [6.45, 7) is 8.62. The monoisotopic (exact) mass is 264 g/mol. The Morgan fingerprint density at radius 3 is 3.11 bits per heavy atom. The zero-order valence-corrected chi connectivity index (χ0v) is 11.9. The molecule has 1 unspecified atom stereocenters. The third-order valence-corrected chi connectivity index (χ3v) is 3.33. The van der Waals surface area contributed by atoms with Crippen LogP contribution in [0, 0.1) is 0 Å². The third-order valence-electron chi connectivity index (χ3n) is 3.33. The fraction of sp³-hybridized carbons (Fsp3) is 0.714. The van der Waals surface area contributed by atoms with Crippen molar-refractivity contribution >= 4 is 5.82 Å². The van der Waals surface area contributed by atoms with Gasteiger partial charge < -0.3 is 15.0 Å². The quantitative estimate of drug-likeness (QED) is 0.845. The second-order valence-corrected chi connectivity index (χ2v) is 4.81. The highest BCUT2D eigenvalue weighted by molar-refractivity contribution is 5.37. The summed E-state index contributed by atoms with van der Waals surface area (Å²) >= 11 is 0. The molecular formula is C14H24N4O. The Hall–Kier alpha value is -1.20. The topological polar surface area (TPSA) is 50.3 Å². The van der Waals surface area contributed by atoms with Crippen LogP contribution in [0.15, 0.2) is 12.4 Å². The van der Waals surface area contributed by atoms with Crippen molar-refractivity contribution in [3.63, 3.8) is 0 Å². The van der Waals surface area contributed by atoms with Crippen LogP contribution >= 0.6 is 0 Å². The van der Waals surface area contributed by atoms with Gasteiger partial charge in [0, 0.05) is 32.4 Å². The summed E-state index contributed by atoms with van der Waals surface area (Å²) in [6, 6.07) is 0. The fourth-order valence-corrected chi connectivity index (χ4v) is 2.40. The van der Waals surface area contributed by atoms with Crippen LogP contribution in [0.1, 0.15) is 32.4 Å². The second-order valence-electron chi connectivity index (χ2n) is 4.81. The molecule has 0 bridgehead atoms. The highest BCUT2D eigenvalue weighted by atomic mass is 16.5. The van der Waals surface area contributed by atoms with E-state index >= 15 is 0 Å². The predicted molar refractivity (Wildman–Crippen MR) is 76.3 cm³/mol. The molecule has 0 radical (unpaired) electrons. The van der Waals surface area contributed by atoms with E-state index in [1.807, 2.05) is 12.4 Å². The van der Waals surface area contributed by atoms with E-state index in [0.717, 1.165) is 57.1 Å². The molecule has 1 aliphatic rings. The van der Waals surface area contributed by atoms with Gasteiger partial charge in [-0.25, -0.2) is 4.98 Å². The van der Waals surface area contributed by atoms with Crippen molar-refractivity contribution in [2.45, 2.75) is 39.3 Å². The van der Waals surface area contributed by atoms with Crippen LogP contribution in [-0.2, 0) is 11.3 Å². The van der Waals surface area contributed by atoms with E-state index < -0.39 is 0 Å². The summed E-state index contributed by atoms with van der Waals surface area (Å²) in [5.74, 6) is 0.972. The summed E-state index contributed by atoms with van der Waals surface area (Å²) < 4.78 is 5.73. The fourth-order valence-electron chi connectivity index (χ4n) is 2.40. The van der Waals surface area contributed by atoms with Crippen molar-refractivity contribution in [3.8, 4) is 0 Å². The van der Waals surface area contributed by atoms with Crippen molar-refractivity contribution in [1.82, 2.24) is 15.3 Å². The highest BCUT2D eigenvalue weighted by Gasteiger charge is 2.21. The summed E-state index contributed by atoms with van der Waals surface area (Å²) in [7, 11) is 0. The van der Waals surface area contributed by atoms with Crippen LogP contribution in [0.25, 0.3) is 0 Å². The Bertz CT molecular complexity index is 383. The molecule has 0 saturated carbocycles. The van der Waals surface area contributed by atoms with Gasteiger partial charge in [0.25, 0.3) is 0 Å². The van der Waals surface area contributed by atoms with Gasteiger partial charge in [-0.3, -0.25) is 4.98 Å². The van der Waals surface area contributed by atoms with E-state index in [2.05, 4.69) is 34.0 Å². The first-order valence-corrected chi connectivity index (χ1v) is 7.21. The summed E-state index contributed by atoms with van der Waals surface area (Å²) in [4.78, 5) is 11.3. The maximum atomic E-state index is 5.73. The minimum absolute atomic E-state index is 0.331. The molecule has 1 fully saturated rings. The maximum absolute atomic E-state index is 5.73. The number of nitrogens with zero attached hydrogens (tertiary/aromatic N) is 3. The number of anilines is 1. The van der Waals surface area contributed by atoms with Crippen molar-refractivity contribution in [1.29, 1.82) is 0 Å². The van der Waals surface area contributed by atoms with Crippen LogP contribution in [0.5, 0.6) is 0 Å². The first-order chi connectivity index (χ1) is 9.33. The number of nitrogens with one attached hydrogen (secondary N) is 1. The lowest BCUT2D eigenvalue weighted by molar-refractivity contribution is 0.0525. The number of piperidine rings is 1. The molecule has 1 atom stereocenters. The standard InChI is InChI=1S/C14H24N4O/c1-3-15-8-12-9-16-10-14(17-12)18-7-5-6-13(11-18)19-4-2/h9-10,13,15H,3-8,11H2,1-2H3. The van der Waals surface area contributed by atoms with E-state index in [1.165, 1.54) is 0 Å². The van der Waals surface area contributed by atoms with Gasteiger partial charge in [-0.1, -0.05) is 6.92 Å². The minimum Gasteiger partial charge on any atom is -0.377 e. The van der Waals surface area contributed by atoms with Gasteiger partial charge in [-0.2, -0.15) is 0 Å². The molecule has 1 saturated heterocycles. The maximum Gasteiger partial charge on any atom is 0.147 e. The molecule has 1 aliphatic heterocycles. The van der Waals surface area contributed by atoms with Crippen molar-refractivity contribution in [2.75, 3.05) is 31.1 Å². The van der Waals surface area contributed by atoms with Gasteiger partial charge in [0.05, 0.1) is 18.0 Å². The molecular weight excluding hydrogens is 240 g/mol. The van der Waals surface area contributed by atoms with E-state index in [0.29, 0.717) is 6.10 Å². The zero-order valence-electron chi connectivity index (χ0n) is 11.9. The lowest BCUT2D eigenvalue weighted by Crippen LogP contribution is -2.40. The number of ether oxygens (including phenoxy) is 1. The van der Waals surface area contributed by atoms with E-state index in [-0.39, 0.29) is 0 Å². The second kappa shape index (κ2) is 7.40. The minimum atomic E-state index is 0.331. The van der Waals surface area contributed by atoms with Crippen LogP contribution < -0.4 is 10.2 Å². The first-order valence-electron chi connectivity index (χ1n) is 7.21. The van der Waals surface area contributed by atoms with Crippen molar-refractivity contribution in [3.05, 3.63) is 18.1 Å². The van der Waals surface area contributed by atoms with Crippen LogP contribution in [0.4, 0.5) is 5.82 Å². The number of aromatic nitrogens is 2. The van der Waals surface area contributed by atoms with Crippen LogP contribution in [0.3, 0.4) is 0 Å². The zero-order chi connectivity index (χ0) is 13.5. The van der Waals surface area contributed by atoms with Gasteiger partial charge in [0.1, 0.15) is 5.82 Å². The summed E-state index contributed by atoms with van der Waals surface area (Å²) in [6.07, 6.45) is 6.32. The van der Waals surface area contributed by atoms with Crippen LogP contribution in [0.2, 0.25) is 0 Å². The van der Waals surface area contributed by atoms with Crippen molar-refractivity contribution < 1.29 is 4.74 Å². The SMILES string of the molecule is CCNCc1cncc(N2CCCC(OCC)C2)n1. The van der Waals surface area contributed by atoms with Gasteiger partial charge in [0.15, 0.2) is 0 Å². The van der Waals surface area contributed by atoms with Crippen LogP contribution in [-0.4, -0.2) is 42.3 Å². The number of rotatable bonds is 6. The van der Waals surface area contributed by atoms with E-state index in [1.54, 1.807) is 0 Å². The highest BCUT2D eigenvalue weighted by Crippen LogP contribution is 2.19. The average molecular weight is 264 g/mol. The van der Waals surface area contributed by atoms with Gasteiger partial charge in [-0.05, 0) is 26.3 Å². The smallest absolute Gasteiger partial charge is 0.147 e. The third kappa shape index (κ3) is 4.14. The lowest BCUT2D eigenvalue weighted by Gasteiger charge is -2.33. The molecule has 0 spiro atoms. The normalized spacial score (nSPS) is 19.7. The van der Waals surface area contributed by atoms with E-state index in [9.17, 15) is 0 Å². The molecule has 0 aromatic carbocycles. The largest absolute Gasteiger partial charge is 0.377 e. The number of hydrogen-bond acceptors (Lipinski definition) is 5. The van der Waals surface area contributed by atoms with Crippen molar-refractivity contribution in [2.24, 2.45) is 0 Å². The molecule has 1 aromatic rings. The molecule has 19 heavy (non-hydrogen) atoms. The predicted octanol–water partition coefficient (Wildman–Crippen LogP) is 1.59. The average Bonchev–Trinajstić information content (AvgIpc) is 2.46. The Morgan fingerprint density at radius 1 is 1.42 bits per heavy atom. The molecule has 5 heteroatoms. The van der Waals surface area contributed by atoms with E-state index in [4.69, 9.17) is 4.74 Å². The molecule has 2 heterocycles. The molecule has 1 N–H and O–H groups in total. The molecule has 106 valence electrons. The van der Waals surface area contributed by atoms with Gasteiger partial charge in [0.2, 0.25) is 0 Å². The lowest BCUT2D eigenvalue weighted by atomic mass is 10.1. The Balaban J connectivity index is 1.99. The Kier molecular flexibility index (Phi) is 5.54. The Morgan fingerprint density at radius 2 is 2.32 bits per heavy atom. The van der Waals surface area contributed by atoms with Gasteiger partial charge >= 0.3 is 0 Å². The summed E-state index contributed by atoms with van der Waals surface area (Å²) in [5.41, 5.74) is 0.998. The number of hydrogen-bond donors (Lipinski definition) is 1. The molecule has 0 aliphatic carbocycles. The molecule has 5 nitrogen and oxygen atoms in total. The summed E-state index contributed by atoms with van der Waals surface area (Å²) in [5, 5.41) is 3.28. The first kappa shape index (κ1) is 14.2. The molecule has 1 aromatic heterocycles. The Labute approximate surface area is 115 Å². The molecule has 2 rings (SSSR count).